The summed E-state index contributed by atoms with van der Waals surface area (Å²) in [6.07, 6.45) is 6.14. The molecule has 200 valence electrons. The number of aromatic hydroxyl groups is 1. The molecule has 2 fully saturated rings. The molecule has 37 heavy (non-hydrogen) atoms. The lowest BCUT2D eigenvalue weighted by Gasteiger charge is -2.44. The second-order valence-electron chi connectivity index (χ2n) is 10.8. The summed E-state index contributed by atoms with van der Waals surface area (Å²) < 4.78 is 12.2. The Morgan fingerprint density at radius 2 is 2.00 bits per heavy atom. The summed E-state index contributed by atoms with van der Waals surface area (Å²) in [5.74, 6) is -0.335. The fourth-order valence-electron chi connectivity index (χ4n) is 6.38. The number of phenols is 1. The first-order valence-electron chi connectivity index (χ1n) is 13.2. The van der Waals surface area contributed by atoms with Crippen LogP contribution in [-0.2, 0) is 14.2 Å². The van der Waals surface area contributed by atoms with Crippen LogP contribution in [0.4, 0.5) is 0 Å². The summed E-state index contributed by atoms with van der Waals surface area (Å²) in [5.41, 5.74) is 4.55. The first-order valence-corrected chi connectivity index (χ1v) is 14.3. The van der Waals surface area contributed by atoms with Crippen molar-refractivity contribution in [3.63, 3.8) is 0 Å². The first kappa shape index (κ1) is 28.2. The van der Waals surface area contributed by atoms with E-state index in [1.165, 1.54) is 16.0 Å². The van der Waals surface area contributed by atoms with Crippen molar-refractivity contribution in [3.8, 4) is 11.5 Å². The zero-order chi connectivity index (χ0) is 27.0. The minimum atomic E-state index is -0.957. The molecule has 1 aromatic carbocycles. The van der Waals surface area contributed by atoms with Crippen molar-refractivity contribution in [2.24, 2.45) is 23.7 Å². The quantitative estimate of drug-likeness (QED) is 0.183. The molecule has 0 aromatic heterocycles. The highest BCUT2D eigenvalue weighted by atomic mass is 127. The number of ether oxygens (including phenoxy) is 1. The number of methoxy groups -OCH3 is 1. The van der Waals surface area contributed by atoms with E-state index in [2.05, 4.69) is 49.4 Å². The number of fused-ring (bicyclic) bond motifs is 3. The van der Waals surface area contributed by atoms with Crippen LogP contribution in [-0.4, -0.2) is 54.2 Å². The lowest BCUT2D eigenvalue weighted by Crippen LogP contribution is -2.46. The van der Waals surface area contributed by atoms with E-state index in [4.69, 9.17) is 9.39 Å². The lowest BCUT2D eigenvalue weighted by atomic mass is 9.57. The molecule has 4 rings (SSSR count). The van der Waals surface area contributed by atoms with Crippen LogP contribution >= 0.6 is 22.6 Å². The summed E-state index contributed by atoms with van der Waals surface area (Å²) in [4.78, 5) is 27.2. The third-order valence-corrected chi connectivity index (χ3v) is 8.92. The summed E-state index contributed by atoms with van der Waals surface area (Å²) in [6.45, 7) is 6.41. The van der Waals surface area contributed by atoms with Gasteiger partial charge in [-0.05, 0) is 89.7 Å². The number of halogens is 1. The van der Waals surface area contributed by atoms with Crippen molar-refractivity contribution in [1.82, 2.24) is 4.90 Å². The Hall–Kier alpha value is -1.85. The Balaban J connectivity index is 1.64. The fraction of sp³-hybridized carbons (Fsp3) is 0.571. The van der Waals surface area contributed by atoms with Crippen LogP contribution in [0.25, 0.3) is 6.08 Å². The van der Waals surface area contributed by atoms with Gasteiger partial charge in [0.15, 0.2) is 11.5 Å². The van der Waals surface area contributed by atoms with E-state index in [-0.39, 0.29) is 41.4 Å². The molecule has 0 spiro atoms. The van der Waals surface area contributed by atoms with Gasteiger partial charge in [-0.25, -0.2) is 0 Å². The molecule has 2 amide bonds. The van der Waals surface area contributed by atoms with Crippen LogP contribution in [0.5, 0.6) is 11.5 Å². The number of carbonyl (C=O) groups excluding carboxylic acids is 2. The maximum atomic E-state index is 13.1. The van der Waals surface area contributed by atoms with Crippen LogP contribution in [0.3, 0.4) is 0 Å². The number of benzene rings is 1. The predicted molar refractivity (Wildman–Crippen MR) is 152 cm³/mol. The molecule has 3 aliphatic rings. The average Bonchev–Trinajstić information content (AvgIpc) is 3.07. The second-order valence-corrected chi connectivity index (χ2v) is 11.9. The number of imide groups is 1. The first-order chi connectivity index (χ1) is 17.6. The summed E-state index contributed by atoms with van der Waals surface area (Å²) in [5, 5.41) is 20.9. The number of hydrogen-bond acceptors (Lipinski definition) is 6. The molecule has 2 N–H and O–H groups in total. The zero-order valence-corrected chi connectivity index (χ0v) is 24.4. The van der Waals surface area contributed by atoms with Crippen molar-refractivity contribution in [2.45, 2.75) is 65.3 Å². The molecule has 1 aromatic rings. The van der Waals surface area contributed by atoms with Gasteiger partial charge in [0.25, 0.3) is 0 Å². The van der Waals surface area contributed by atoms with Crippen molar-refractivity contribution >= 4 is 47.6 Å². The molecule has 2 aliphatic heterocycles. The highest BCUT2D eigenvalue weighted by molar-refractivity contribution is 14.1. The lowest BCUT2D eigenvalue weighted by molar-refractivity contribution is -0.138. The van der Waals surface area contributed by atoms with Gasteiger partial charge in [-0.3, -0.25) is 14.5 Å². The molecule has 0 radical (unpaired) electrons. The van der Waals surface area contributed by atoms with Gasteiger partial charge in [0.1, 0.15) is 0 Å². The van der Waals surface area contributed by atoms with E-state index in [1.54, 1.807) is 14.2 Å². The Labute approximate surface area is 233 Å². The van der Waals surface area contributed by atoms with Gasteiger partial charge < -0.3 is 19.5 Å². The molecule has 4 atom stereocenters. The molecule has 7 nitrogen and oxygen atoms in total. The SMILES string of the molecule is CCC/C(=C\c1cc(I)c(O)c(OC)c1)CC[C@H]1OB(O)C[C@H]2C1=C(C(C)C)C[C@H]1C(=O)N(C)C(=O)[C@H]12. The van der Waals surface area contributed by atoms with E-state index in [0.29, 0.717) is 24.9 Å². The molecule has 2 saturated heterocycles. The van der Waals surface area contributed by atoms with E-state index < -0.39 is 13.0 Å². The van der Waals surface area contributed by atoms with Crippen molar-refractivity contribution in [3.05, 3.63) is 38.0 Å². The number of hydrogen-bond donors (Lipinski definition) is 2. The highest BCUT2D eigenvalue weighted by Gasteiger charge is 2.56. The van der Waals surface area contributed by atoms with Gasteiger partial charge in [-0.2, -0.15) is 0 Å². The van der Waals surface area contributed by atoms with Crippen molar-refractivity contribution in [1.29, 1.82) is 0 Å². The molecule has 9 heteroatoms. The molecule has 0 unspecified atom stereocenters. The second kappa shape index (κ2) is 11.5. The van der Waals surface area contributed by atoms with Crippen molar-refractivity contribution < 1.29 is 29.1 Å². The van der Waals surface area contributed by atoms with Crippen LogP contribution in [0.2, 0.25) is 6.32 Å². The van der Waals surface area contributed by atoms with Gasteiger partial charge >= 0.3 is 7.12 Å². The van der Waals surface area contributed by atoms with Gasteiger partial charge in [0.2, 0.25) is 11.8 Å². The van der Waals surface area contributed by atoms with E-state index in [0.717, 1.165) is 34.0 Å². The van der Waals surface area contributed by atoms with Gasteiger partial charge in [0.05, 0.1) is 28.6 Å². The van der Waals surface area contributed by atoms with Crippen LogP contribution < -0.4 is 4.74 Å². The maximum Gasteiger partial charge on any atom is 0.455 e. The summed E-state index contributed by atoms with van der Waals surface area (Å²) in [6, 6.07) is 3.77. The number of phenolic OH excluding ortho intramolecular Hbond substituents is 1. The van der Waals surface area contributed by atoms with E-state index in [1.807, 2.05) is 12.1 Å². The largest absolute Gasteiger partial charge is 0.504 e. The van der Waals surface area contributed by atoms with Crippen LogP contribution in [0.15, 0.2) is 28.9 Å². The number of allylic oxidation sites excluding steroid dienone is 2. The van der Waals surface area contributed by atoms with Crippen LogP contribution in [0, 0.1) is 27.2 Å². The standard InChI is InChI=1S/C28H37BINO6/c1-6-7-16(10-17-11-21(30)26(32)23(12-17)36-5)8-9-22-24-18(15(2)3)13-19-25(20(24)14-29(35)37-22)28(34)31(4)27(19)33/h10-12,15,19-20,22,25,32,35H,6-9,13-14H2,1-5H3/b16-10+/t19-,20+,22-,25-/m1/s1. The third kappa shape index (κ3) is 5.50. The number of nitrogens with zero attached hydrogens (tertiary/aromatic N) is 1. The number of amides is 2. The molecule has 1 aliphatic carbocycles. The minimum Gasteiger partial charge on any atom is -0.504 e. The van der Waals surface area contributed by atoms with Gasteiger partial charge in [-0.15, -0.1) is 0 Å². The average molecular weight is 621 g/mol. The smallest absolute Gasteiger partial charge is 0.455 e. The van der Waals surface area contributed by atoms with Crippen LogP contribution in [0.1, 0.15) is 58.4 Å². The fourth-order valence-corrected chi connectivity index (χ4v) is 7.01. The monoisotopic (exact) mass is 621 g/mol. The summed E-state index contributed by atoms with van der Waals surface area (Å²) >= 11 is 2.10. The Morgan fingerprint density at radius 3 is 2.65 bits per heavy atom. The molecule has 2 heterocycles. The van der Waals surface area contributed by atoms with E-state index >= 15 is 0 Å². The van der Waals surface area contributed by atoms with Gasteiger partial charge in [0, 0.05) is 7.05 Å². The minimum absolute atomic E-state index is 0.100. The summed E-state index contributed by atoms with van der Waals surface area (Å²) in [7, 11) is 2.16. The normalized spacial score (nSPS) is 26.2. The topological polar surface area (TPSA) is 96.3 Å². The molecule has 0 bridgehead atoms. The number of rotatable bonds is 8. The number of carbonyl (C=O) groups is 2. The highest BCUT2D eigenvalue weighted by Crippen LogP contribution is 2.51. The Kier molecular flexibility index (Phi) is 8.75. The molecule has 0 saturated carbocycles. The molecular formula is C28H37BINO6. The third-order valence-electron chi connectivity index (χ3n) is 8.10. The van der Waals surface area contributed by atoms with Crippen molar-refractivity contribution in [2.75, 3.05) is 14.2 Å². The number of likely N-dealkylation sites (tertiary alicyclic amines) is 1. The zero-order valence-electron chi connectivity index (χ0n) is 22.3. The van der Waals surface area contributed by atoms with Gasteiger partial charge in [-0.1, -0.05) is 44.4 Å². The maximum absolute atomic E-state index is 13.1. The Morgan fingerprint density at radius 1 is 1.27 bits per heavy atom. The molecular weight excluding hydrogens is 584 g/mol. The van der Waals surface area contributed by atoms with E-state index in [9.17, 15) is 19.7 Å². The Bertz CT molecular complexity index is 1130. The predicted octanol–water partition coefficient (Wildman–Crippen LogP) is 5.05.